The van der Waals surface area contributed by atoms with Gasteiger partial charge in [0.1, 0.15) is 11.4 Å². The number of aliphatic hydroxyl groups is 1. The average molecular weight is 434 g/mol. The predicted molar refractivity (Wildman–Crippen MR) is 116 cm³/mol. The second-order valence-corrected chi connectivity index (χ2v) is 8.46. The quantitative estimate of drug-likeness (QED) is 0.502. The number of carbonyl (C=O) groups is 1. The van der Waals surface area contributed by atoms with Gasteiger partial charge in [0.2, 0.25) is 0 Å². The lowest BCUT2D eigenvalue weighted by Crippen LogP contribution is -2.32. The molecule has 0 spiro atoms. The lowest BCUT2D eigenvalue weighted by molar-refractivity contribution is -0.136. The van der Waals surface area contributed by atoms with Gasteiger partial charge in [-0.1, -0.05) is 35.5 Å². The van der Waals surface area contributed by atoms with Crippen LogP contribution in [0.5, 0.6) is 0 Å². The fourth-order valence-electron chi connectivity index (χ4n) is 4.86. The Labute approximate surface area is 183 Å². The van der Waals surface area contributed by atoms with E-state index in [1.807, 2.05) is 24.3 Å². The second-order valence-electron chi connectivity index (χ2n) is 8.46. The summed E-state index contributed by atoms with van der Waals surface area (Å²) in [5.74, 6) is -1.21. The number of para-hydroxylation sites is 1. The number of aromatic nitrogens is 4. The number of aliphatic carboxylic acids is 1. The molecule has 2 N–H and O–H groups in total. The van der Waals surface area contributed by atoms with Gasteiger partial charge in [-0.2, -0.15) is 0 Å². The molecule has 2 atom stereocenters. The summed E-state index contributed by atoms with van der Waals surface area (Å²) in [6.45, 7) is 2.24. The Kier molecular flexibility index (Phi) is 4.82. The molecule has 0 aliphatic carbocycles. The van der Waals surface area contributed by atoms with Gasteiger partial charge < -0.3 is 14.8 Å². The SMILES string of the molecule is C[C@@](O)(c1ccc(F)cc1)c1cnnn1C1CCc2c(CC(=O)O)c3ccccc3n2C1. The molecule has 5 rings (SSSR count). The number of benzene rings is 2. The molecule has 1 aliphatic rings. The van der Waals surface area contributed by atoms with E-state index in [2.05, 4.69) is 14.9 Å². The van der Waals surface area contributed by atoms with Gasteiger partial charge in [-0.15, -0.1) is 5.10 Å². The number of carboxylic acids is 1. The Morgan fingerprint density at radius 2 is 1.97 bits per heavy atom. The Hall–Kier alpha value is -3.52. The van der Waals surface area contributed by atoms with Crippen LogP contribution in [0.2, 0.25) is 0 Å². The van der Waals surface area contributed by atoms with Crippen molar-refractivity contribution in [1.82, 2.24) is 19.6 Å². The maximum Gasteiger partial charge on any atom is 0.307 e. The molecule has 1 unspecified atom stereocenters. The summed E-state index contributed by atoms with van der Waals surface area (Å²) >= 11 is 0. The molecular weight excluding hydrogens is 411 g/mol. The van der Waals surface area contributed by atoms with E-state index in [0.29, 0.717) is 24.2 Å². The van der Waals surface area contributed by atoms with Crippen molar-refractivity contribution in [2.75, 3.05) is 0 Å². The first-order valence-electron chi connectivity index (χ1n) is 10.6. The van der Waals surface area contributed by atoms with Crippen molar-refractivity contribution in [2.45, 2.75) is 44.4 Å². The highest BCUT2D eigenvalue weighted by atomic mass is 19.1. The predicted octanol–water partition coefficient (Wildman–Crippen LogP) is 3.44. The van der Waals surface area contributed by atoms with Gasteiger partial charge in [-0.25, -0.2) is 9.07 Å². The van der Waals surface area contributed by atoms with Crippen LogP contribution in [0.15, 0.2) is 54.7 Å². The zero-order valence-corrected chi connectivity index (χ0v) is 17.6. The molecule has 0 saturated carbocycles. The van der Waals surface area contributed by atoms with E-state index in [9.17, 15) is 19.4 Å². The maximum absolute atomic E-state index is 13.4. The number of nitrogens with zero attached hydrogens (tertiary/aromatic N) is 4. The molecule has 0 saturated heterocycles. The molecule has 3 heterocycles. The minimum absolute atomic E-state index is 0.0125. The van der Waals surface area contributed by atoms with E-state index in [1.54, 1.807) is 29.9 Å². The number of rotatable bonds is 5. The van der Waals surface area contributed by atoms with Crippen LogP contribution in [0.25, 0.3) is 10.9 Å². The van der Waals surface area contributed by atoms with Crippen molar-refractivity contribution in [3.8, 4) is 0 Å². The number of fused-ring (bicyclic) bond motifs is 3. The van der Waals surface area contributed by atoms with Gasteiger partial charge in [0.05, 0.1) is 24.4 Å². The summed E-state index contributed by atoms with van der Waals surface area (Å²) in [6, 6.07) is 13.5. The van der Waals surface area contributed by atoms with E-state index in [0.717, 1.165) is 28.6 Å². The number of hydrogen-bond acceptors (Lipinski definition) is 4. The molecule has 0 fully saturated rings. The highest BCUT2D eigenvalue weighted by Crippen LogP contribution is 2.37. The van der Waals surface area contributed by atoms with E-state index < -0.39 is 11.6 Å². The summed E-state index contributed by atoms with van der Waals surface area (Å²) in [4.78, 5) is 11.5. The first kappa shape index (κ1) is 20.4. The number of hydrogen-bond donors (Lipinski definition) is 2. The zero-order valence-electron chi connectivity index (χ0n) is 17.6. The van der Waals surface area contributed by atoms with Gasteiger partial charge in [0.15, 0.2) is 0 Å². The molecule has 1 aliphatic heterocycles. The molecule has 8 heteroatoms. The topological polar surface area (TPSA) is 93.2 Å². The maximum atomic E-state index is 13.4. The summed E-state index contributed by atoms with van der Waals surface area (Å²) in [7, 11) is 0. The first-order valence-corrected chi connectivity index (χ1v) is 10.6. The van der Waals surface area contributed by atoms with Crippen molar-refractivity contribution in [1.29, 1.82) is 0 Å². The Morgan fingerprint density at radius 3 is 2.72 bits per heavy atom. The van der Waals surface area contributed by atoms with Crippen molar-refractivity contribution in [2.24, 2.45) is 0 Å². The third-order valence-electron chi connectivity index (χ3n) is 6.46. The van der Waals surface area contributed by atoms with Crippen molar-refractivity contribution < 1.29 is 19.4 Å². The van der Waals surface area contributed by atoms with Crippen LogP contribution in [0, 0.1) is 5.82 Å². The van der Waals surface area contributed by atoms with Crippen LogP contribution in [0.3, 0.4) is 0 Å². The van der Waals surface area contributed by atoms with Crippen molar-refractivity contribution >= 4 is 16.9 Å². The van der Waals surface area contributed by atoms with Crippen LogP contribution in [0.1, 0.15) is 41.9 Å². The summed E-state index contributed by atoms with van der Waals surface area (Å²) < 4.78 is 17.3. The van der Waals surface area contributed by atoms with E-state index in [1.165, 1.54) is 12.1 Å². The van der Waals surface area contributed by atoms with Gasteiger partial charge >= 0.3 is 5.97 Å². The molecular formula is C24H23FN4O3. The molecule has 2 aromatic heterocycles. The molecule has 7 nitrogen and oxygen atoms in total. The van der Waals surface area contributed by atoms with Gasteiger partial charge in [0, 0.05) is 23.1 Å². The molecule has 0 amide bonds. The Morgan fingerprint density at radius 1 is 1.22 bits per heavy atom. The van der Waals surface area contributed by atoms with Gasteiger partial charge in [0.25, 0.3) is 0 Å². The molecule has 32 heavy (non-hydrogen) atoms. The largest absolute Gasteiger partial charge is 0.481 e. The van der Waals surface area contributed by atoms with E-state index in [4.69, 9.17) is 0 Å². The van der Waals surface area contributed by atoms with Crippen LogP contribution < -0.4 is 0 Å². The van der Waals surface area contributed by atoms with Gasteiger partial charge in [-0.05, 0) is 49.1 Å². The summed E-state index contributed by atoms with van der Waals surface area (Å²) in [5, 5.41) is 30.0. The average Bonchev–Trinajstić information content (AvgIpc) is 3.38. The van der Waals surface area contributed by atoms with Crippen LogP contribution >= 0.6 is 0 Å². The summed E-state index contributed by atoms with van der Waals surface area (Å²) in [5.41, 5.74) is 2.58. The fraction of sp³-hybridized carbons (Fsp3) is 0.292. The Balaban J connectivity index is 1.54. The minimum atomic E-state index is -1.40. The van der Waals surface area contributed by atoms with Crippen molar-refractivity contribution in [3.05, 3.63) is 83.1 Å². The van der Waals surface area contributed by atoms with Gasteiger partial charge in [-0.3, -0.25) is 4.79 Å². The highest BCUT2D eigenvalue weighted by molar-refractivity contribution is 5.89. The first-order chi connectivity index (χ1) is 15.4. The molecule has 0 bridgehead atoms. The lowest BCUT2D eigenvalue weighted by atomic mass is 9.92. The smallest absolute Gasteiger partial charge is 0.307 e. The monoisotopic (exact) mass is 434 g/mol. The van der Waals surface area contributed by atoms with Crippen LogP contribution in [0.4, 0.5) is 4.39 Å². The molecule has 4 aromatic rings. The lowest BCUT2D eigenvalue weighted by Gasteiger charge is -2.31. The second kappa shape index (κ2) is 7.56. The zero-order chi connectivity index (χ0) is 22.5. The fourth-order valence-corrected chi connectivity index (χ4v) is 4.86. The minimum Gasteiger partial charge on any atom is -0.481 e. The third-order valence-corrected chi connectivity index (χ3v) is 6.46. The number of halogens is 1. The third kappa shape index (κ3) is 3.27. The number of carboxylic acid groups (broad SMARTS) is 1. The van der Waals surface area contributed by atoms with Crippen molar-refractivity contribution in [3.63, 3.8) is 0 Å². The molecule has 164 valence electrons. The normalized spacial score (nSPS) is 17.8. The standard InChI is InChI=1S/C24H23FN4O3/c1-24(32,15-6-8-16(25)9-7-15)22-13-26-27-29(22)17-10-11-21-19(12-23(30)31)18-4-2-3-5-20(18)28(21)14-17/h2-9,13,17,32H,10-12,14H2,1H3,(H,30,31)/t17?,24-/m1/s1. The van der Waals surface area contributed by atoms with E-state index in [-0.39, 0.29) is 18.3 Å². The highest BCUT2D eigenvalue weighted by Gasteiger charge is 2.34. The molecule has 0 radical (unpaired) electrons. The van der Waals surface area contributed by atoms with Crippen LogP contribution in [-0.4, -0.2) is 35.7 Å². The molecule has 2 aromatic carbocycles. The van der Waals surface area contributed by atoms with E-state index >= 15 is 0 Å². The van der Waals surface area contributed by atoms with Crippen LogP contribution in [-0.2, 0) is 29.8 Å². The summed E-state index contributed by atoms with van der Waals surface area (Å²) in [6.07, 6.45) is 2.96. The Bertz CT molecular complexity index is 1310.